The van der Waals surface area contributed by atoms with Crippen LogP contribution in [0.15, 0.2) is 78.9 Å². The lowest BCUT2D eigenvalue weighted by atomic mass is 10.0. The molecule has 1 aliphatic rings. The van der Waals surface area contributed by atoms with Crippen molar-refractivity contribution >= 4 is 11.6 Å². The first-order valence-electron chi connectivity index (χ1n) is 10.6. The zero-order chi connectivity index (χ0) is 21.5. The Balaban J connectivity index is 1.31. The minimum atomic E-state index is 0.0276. The molecule has 0 atom stereocenters. The summed E-state index contributed by atoms with van der Waals surface area (Å²) in [5.41, 5.74) is 3.43. The van der Waals surface area contributed by atoms with Crippen LogP contribution in [0.5, 0.6) is 11.5 Å². The summed E-state index contributed by atoms with van der Waals surface area (Å²) in [7, 11) is 1.67. The summed E-state index contributed by atoms with van der Waals surface area (Å²) in [6.45, 7) is 3.02. The molecule has 1 fully saturated rings. The maximum Gasteiger partial charge on any atom is 0.260 e. The van der Waals surface area contributed by atoms with Gasteiger partial charge in [0.1, 0.15) is 11.5 Å². The Morgan fingerprint density at radius 1 is 0.871 bits per heavy atom. The first kappa shape index (κ1) is 20.8. The van der Waals surface area contributed by atoms with Gasteiger partial charge >= 0.3 is 0 Å². The first-order valence-corrected chi connectivity index (χ1v) is 10.6. The molecule has 1 aliphatic heterocycles. The maximum absolute atomic E-state index is 12.7. The normalized spacial score (nSPS) is 13.7. The second-order valence-electron chi connectivity index (χ2n) is 7.63. The molecule has 1 amide bonds. The van der Waals surface area contributed by atoms with Crippen LogP contribution in [0.2, 0.25) is 0 Å². The van der Waals surface area contributed by atoms with Crippen LogP contribution in [0.1, 0.15) is 11.1 Å². The lowest BCUT2D eigenvalue weighted by molar-refractivity contribution is -0.133. The van der Waals surface area contributed by atoms with E-state index in [4.69, 9.17) is 9.47 Å². The lowest BCUT2D eigenvalue weighted by Crippen LogP contribution is -2.50. The number of anilines is 1. The number of piperazine rings is 1. The summed E-state index contributed by atoms with van der Waals surface area (Å²) in [5.74, 6) is 1.65. The van der Waals surface area contributed by atoms with Gasteiger partial charge < -0.3 is 19.3 Å². The SMILES string of the molecule is COc1cccc(N2CCN(C(=O)COc3ccccc3Cc3ccccc3)CC2)c1. The van der Waals surface area contributed by atoms with Crippen molar-refractivity contribution in [1.82, 2.24) is 4.90 Å². The van der Waals surface area contributed by atoms with Crippen molar-refractivity contribution < 1.29 is 14.3 Å². The quantitative estimate of drug-likeness (QED) is 0.584. The van der Waals surface area contributed by atoms with Gasteiger partial charge in [-0.3, -0.25) is 4.79 Å². The van der Waals surface area contributed by atoms with Gasteiger partial charge in [0, 0.05) is 44.4 Å². The van der Waals surface area contributed by atoms with Crippen molar-refractivity contribution in [3.8, 4) is 11.5 Å². The predicted octanol–water partition coefficient (Wildman–Crippen LogP) is 4.01. The summed E-state index contributed by atoms with van der Waals surface area (Å²) in [6, 6.07) is 26.3. The number of hydrogen-bond acceptors (Lipinski definition) is 4. The fourth-order valence-corrected chi connectivity index (χ4v) is 3.86. The highest BCUT2D eigenvalue weighted by Crippen LogP contribution is 2.23. The molecule has 0 bridgehead atoms. The zero-order valence-electron chi connectivity index (χ0n) is 17.9. The highest BCUT2D eigenvalue weighted by atomic mass is 16.5. The predicted molar refractivity (Wildman–Crippen MR) is 123 cm³/mol. The number of hydrogen-bond donors (Lipinski definition) is 0. The highest BCUT2D eigenvalue weighted by Gasteiger charge is 2.22. The first-order chi connectivity index (χ1) is 15.2. The number of methoxy groups -OCH3 is 1. The third-order valence-corrected chi connectivity index (χ3v) is 5.61. The van der Waals surface area contributed by atoms with E-state index in [1.54, 1.807) is 7.11 Å². The molecule has 5 heteroatoms. The molecule has 1 heterocycles. The molecule has 0 radical (unpaired) electrons. The van der Waals surface area contributed by atoms with Crippen LogP contribution in [0, 0.1) is 0 Å². The number of ether oxygens (including phenoxy) is 2. The van der Waals surface area contributed by atoms with Gasteiger partial charge in [0.25, 0.3) is 5.91 Å². The highest BCUT2D eigenvalue weighted by molar-refractivity contribution is 5.78. The van der Waals surface area contributed by atoms with Crippen molar-refractivity contribution in [2.75, 3.05) is 44.8 Å². The van der Waals surface area contributed by atoms with Crippen LogP contribution < -0.4 is 14.4 Å². The van der Waals surface area contributed by atoms with Crippen LogP contribution in [0.25, 0.3) is 0 Å². The van der Waals surface area contributed by atoms with E-state index in [2.05, 4.69) is 29.2 Å². The summed E-state index contributed by atoms with van der Waals surface area (Å²) < 4.78 is 11.3. The third-order valence-electron chi connectivity index (χ3n) is 5.61. The van der Waals surface area contributed by atoms with Crippen LogP contribution in [-0.2, 0) is 11.2 Å². The molecule has 0 saturated carbocycles. The molecule has 160 valence electrons. The van der Waals surface area contributed by atoms with Crippen LogP contribution in [0.4, 0.5) is 5.69 Å². The van der Waals surface area contributed by atoms with Gasteiger partial charge in [0.05, 0.1) is 7.11 Å². The van der Waals surface area contributed by atoms with Crippen molar-refractivity contribution in [2.45, 2.75) is 6.42 Å². The number of nitrogens with zero attached hydrogens (tertiary/aromatic N) is 2. The van der Waals surface area contributed by atoms with E-state index in [0.29, 0.717) is 13.1 Å². The topological polar surface area (TPSA) is 42.0 Å². The van der Waals surface area contributed by atoms with Crippen molar-refractivity contribution in [3.63, 3.8) is 0 Å². The Morgan fingerprint density at radius 3 is 2.39 bits per heavy atom. The molecule has 5 nitrogen and oxygen atoms in total. The summed E-state index contributed by atoms with van der Waals surface area (Å²) >= 11 is 0. The van der Waals surface area contributed by atoms with Gasteiger partial charge in [-0.15, -0.1) is 0 Å². The number of benzene rings is 3. The molecule has 3 aromatic rings. The number of rotatable bonds is 7. The smallest absolute Gasteiger partial charge is 0.260 e. The van der Waals surface area contributed by atoms with E-state index >= 15 is 0 Å². The van der Waals surface area contributed by atoms with Gasteiger partial charge in [-0.25, -0.2) is 0 Å². The van der Waals surface area contributed by atoms with Crippen molar-refractivity contribution in [1.29, 1.82) is 0 Å². The number of para-hydroxylation sites is 1. The minimum Gasteiger partial charge on any atom is -0.497 e. The molecule has 0 unspecified atom stereocenters. The van der Waals surface area contributed by atoms with E-state index in [1.165, 1.54) is 5.56 Å². The molecule has 4 rings (SSSR count). The largest absolute Gasteiger partial charge is 0.497 e. The summed E-state index contributed by atoms with van der Waals surface area (Å²) in [5, 5.41) is 0. The van der Waals surface area contributed by atoms with Crippen LogP contribution in [0.3, 0.4) is 0 Å². The molecule has 1 saturated heterocycles. The van der Waals surface area contributed by atoms with E-state index in [1.807, 2.05) is 59.5 Å². The Hall–Kier alpha value is -3.47. The van der Waals surface area contributed by atoms with E-state index in [9.17, 15) is 4.79 Å². The fraction of sp³-hybridized carbons (Fsp3) is 0.269. The number of carbonyl (C=O) groups excluding carboxylic acids is 1. The van der Waals surface area contributed by atoms with Gasteiger partial charge in [-0.1, -0.05) is 54.6 Å². The zero-order valence-corrected chi connectivity index (χ0v) is 17.9. The number of amides is 1. The average Bonchev–Trinajstić information content (AvgIpc) is 2.84. The van der Waals surface area contributed by atoms with Gasteiger partial charge in [0.15, 0.2) is 6.61 Å². The van der Waals surface area contributed by atoms with Crippen LogP contribution in [-0.4, -0.2) is 50.7 Å². The molecule has 0 aromatic heterocycles. The minimum absolute atomic E-state index is 0.0276. The van der Waals surface area contributed by atoms with E-state index < -0.39 is 0 Å². The Morgan fingerprint density at radius 2 is 1.61 bits per heavy atom. The van der Waals surface area contributed by atoms with Gasteiger partial charge in [-0.2, -0.15) is 0 Å². The van der Waals surface area contributed by atoms with E-state index in [-0.39, 0.29) is 12.5 Å². The van der Waals surface area contributed by atoms with Crippen molar-refractivity contribution in [3.05, 3.63) is 90.0 Å². The molecule has 31 heavy (non-hydrogen) atoms. The van der Waals surface area contributed by atoms with Gasteiger partial charge in [-0.05, 0) is 29.3 Å². The Labute approximate surface area is 183 Å². The molecule has 0 spiro atoms. The standard InChI is InChI=1S/C26H28N2O3/c1-30-24-12-7-11-23(19-24)27-14-16-28(17-15-27)26(29)20-31-25-13-6-5-10-22(25)18-21-8-3-2-4-9-21/h2-13,19H,14-18,20H2,1H3. The molecule has 0 N–H and O–H groups in total. The maximum atomic E-state index is 12.7. The third kappa shape index (κ3) is 5.37. The van der Waals surface area contributed by atoms with E-state index in [0.717, 1.165) is 42.3 Å². The molecule has 0 aliphatic carbocycles. The summed E-state index contributed by atoms with van der Waals surface area (Å²) in [6.07, 6.45) is 0.782. The summed E-state index contributed by atoms with van der Waals surface area (Å²) in [4.78, 5) is 16.9. The average molecular weight is 417 g/mol. The lowest BCUT2D eigenvalue weighted by Gasteiger charge is -2.36. The van der Waals surface area contributed by atoms with Gasteiger partial charge in [0.2, 0.25) is 0 Å². The van der Waals surface area contributed by atoms with Crippen molar-refractivity contribution in [2.24, 2.45) is 0 Å². The molecular weight excluding hydrogens is 388 g/mol. The molecule has 3 aromatic carbocycles. The molecular formula is C26H28N2O3. The monoisotopic (exact) mass is 416 g/mol. The Kier molecular flexibility index (Phi) is 6.72. The second kappa shape index (κ2) is 10.0. The second-order valence-corrected chi connectivity index (χ2v) is 7.63. The fourth-order valence-electron chi connectivity index (χ4n) is 3.86. The Bertz CT molecular complexity index is 998. The van der Waals surface area contributed by atoms with Crippen LogP contribution >= 0.6 is 0 Å². The number of carbonyl (C=O) groups is 1.